The van der Waals surface area contributed by atoms with Gasteiger partial charge in [0.25, 0.3) is 0 Å². The molecule has 0 aromatic heterocycles. The van der Waals surface area contributed by atoms with Gasteiger partial charge >= 0.3 is 0 Å². The number of ether oxygens (including phenoxy) is 1. The van der Waals surface area contributed by atoms with Gasteiger partial charge in [0.15, 0.2) is 0 Å². The van der Waals surface area contributed by atoms with Crippen LogP contribution in [0.1, 0.15) is 34.7 Å². The fourth-order valence-corrected chi connectivity index (χ4v) is 6.94. The molecule has 5 rings (SSSR count). The molecule has 3 atom stereocenters. The van der Waals surface area contributed by atoms with Gasteiger partial charge in [-0.15, -0.1) is 0 Å². The van der Waals surface area contributed by atoms with Gasteiger partial charge in [-0.3, -0.25) is 0 Å². The van der Waals surface area contributed by atoms with E-state index in [1.54, 1.807) is 29.6 Å². The summed E-state index contributed by atoms with van der Waals surface area (Å²) in [6.07, 6.45) is 0.671. The minimum absolute atomic E-state index is 0.0375. The number of anilines is 1. The van der Waals surface area contributed by atoms with Gasteiger partial charge in [0.1, 0.15) is 5.75 Å². The Balaban J connectivity index is 1.56. The fourth-order valence-electron chi connectivity index (χ4n) is 5.17. The van der Waals surface area contributed by atoms with Gasteiger partial charge in [-0.2, -0.15) is 4.31 Å². The van der Waals surface area contributed by atoms with Crippen molar-refractivity contribution in [3.63, 3.8) is 0 Å². The van der Waals surface area contributed by atoms with Crippen LogP contribution in [-0.2, 0) is 10.0 Å². The van der Waals surface area contributed by atoms with Crippen LogP contribution in [0.25, 0.3) is 0 Å². The molecule has 0 bridgehead atoms. The van der Waals surface area contributed by atoms with E-state index in [1.165, 1.54) is 0 Å². The molecule has 3 aromatic carbocycles. The third-order valence-corrected chi connectivity index (χ3v) is 8.74. The summed E-state index contributed by atoms with van der Waals surface area (Å²) in [5.74, 6) is 7.05. The van der Waals surface area contributed by atoms with Crippen LogP contribution in [0.2, 0.25) is 0 Å². The van der Waals surface area contributed by atoms with Crippen molar-refractivity contribution in [2.24, 2.45) is 5.92 Å². The van der Waals surface area contributed by atoms with E-state index in [-0.39, 0.29) is 24.6 Å². The Kier molecular flexibility index (Phi) is 6.28. The first-order valence-electron chi connectivity index (χ1n) is 11.7. The zero-order chi connectivity index (χ0) is 24.6. The van der Waals surface area contributed by atoms with Gasteiger partial charge in [0, 0.05) is 23.7 Å². The Labute approximate surface area is 206 Å². The largest absolute Gasteiger partial charge is 0.495 e. The second-order valence-electron chi connectivity index (χ2n) is 9.02. The van der Waals surface area contributed by atoms with E-state index >= 15 is 0 Å². The zero-order valence-corrected chi connectivity index (χ0v) is 20.5. The van der Waals surface area contributed by atoms with Gasteiger partial charge < -0.3 is 15.2 Å². The third kappa shape index (κ3) is 4.30. The van der Waals surface area contributed by atoms with Crippen molar-refractivity contribution in [2.75, 3.05) is 25.6 Å². The van der Waals surface area contributed by atoms with Crippen LogP contribution in [-0.4, -0.2) is 44.1 Å². The molecule has 3 aromatic rings. The molecular formula is C28H28N2O4S. The molecule has 0 aliphatic carbocycles. The van der Waals surface area contributed by atoms with Crippen molar-refractivity contribution in [1.82, 2.24) is 4.31 Å². The first-order valence-corrected chi connectivity index (χ1v) is 13.1. The first kappa shape index (κ1) is 23.4. The quantitative estimate of drug-likeness (QED) is 0.544. The van der Waals surface area contributed by atoms with Crippen molar-refractivity contribution in [3.05, 3.63) is 89.0 Å². The SMILES string of the molecule is COc1ccccc1C#Cc1ccc2c(c1)[C@H]1[C@H](CCN1S(=O)(=O)c1cccc(C)c1)[C@H](CO)N2. The second-order valence-corrected chi connectivity index (χ2v) is 10.9. The monoisotopic (exact) mass is 488 g/mol. The van der Waals surface area contributed by atoms with Gasteiger partial charge in [-0.1, -0.05) is 36.1 Å². The lowest BCUT2D eigenvalue weighted by Gasteiger charge is -2.38. The number of fused-ring (bicyclic) bond motifs is 3. The summed E-state index contributed by atoms with van der Waals surface area (Å²) in [6, 6.07) is 19.8. The van der Waals surface area contributed by atoms with Crippen molar-refractivity contribution in [3.8, 4) is 17.6 Å². The molecule has 2 heterocycles. The zero-order valence-electron chi connectivity index (χ0n) is 19.7. The maximum atomic E-state index is 13.7. The van der Waals surface area contributed by atoms with Crippen LogP contribution in [0.3, 0.4) is 0 Å². The Morgan fingerprint density at radius 1 is 1.09 bits per heavy atom. The van der Waals surface area contributed by atoms with E-state index in [4.69, 9.17) is 4.74 Å². The predicted molar refractivity (Wildman–Crippen MR) is 136 cm³/mol. The lowest BCUT2D eigenvalue weighted by molar-refractivity contribution is 0.210. The highest BCUT2D eigenvalue weighted by Crippen LogP contribution is 2.48. The number of sulfonamides is 1. The summed E-state index contributed by atoms with van der Waals surface area (Å²) in [5.41, 5.74) is 4.19. The molecule has 1 saturated heterocycles. The van der Waals surface area contributed by atoms with Crippen LogP contribution in [0, 0.1) is 24.7 Å². The standard InChI is InChI=1S/C28H28N2O4S/c1-19-6-5-8-22(16-19)35(32,33)30-15-14-23-26(18-31)29-25-13-11-20(17-24(25)28(23)30)10-12-21-7-3-4-9-27(21)34-2/h3-9,11,13,16-17,23,26,28-29,31H,14-15,18H2,1-2H3/t23-,26+,28-/m1/s1. The van der Waals surface area contributed by atoms with Crippen molar-refractivity contribution in [1.29, 1.82) is 0 Å². The molecule has 2 aliphatic rings. The number of aryl methyl sites for hydroxylation is 1. The number of aliphatic hydroxyl groups is 1. The van der Waals surface area contributed by atoms with E-state index in [0.29, 0.717) is 23.6 Å². The van der Waals surface area contributed by atoms with Crippen LogP contribution in [0.4, 0.5) is 5.69 Å². The molecule has 7 heteroatoms. The van der Waals surface area contributed by atoms with Gasteiger partial charge in [-0.25, -0.2) is 8.42 Å². The molecule has 1 fully saturated rings. The highest BCUT2D eigenvalue weighted by atomic mass is 32.2. The van der Waals surface area contributed by atoms with Crippen molar-refractivity contribution >= 4 is 15.7 Å². The third-order valence-electron chi connectivity index (χ3n) is 6.87. The topological polar surface area (TPSA) is 78.9 Å². The molecule has 2 aliphatic heterocycles. The van der Waals surface area contributed by atoms with Gasteiger partial charge in [-0.05, 0) is 66.9 Å². The molecule has 2 N–H and O–H groups in total. The fraction of sp³-hybridized carbons (Fsp3) is 0.286. The summed E-state index contributed by atoms with van der Waals surface area (Å²) < 4.78 is 34.4. The lowest BCUT2D eigenvalue weighted by Crippen LogP contribution is -2.42. The Morgan fingerprint density at radius 2 is 1.91 bits per heavy atom. The number of methoxy groups -OCH3 is 1. The summed E-state index contributed by atoms with van der Waals surface area (Å²) >= 11 is 0. The Hall–Kier alpha value is -3.31. The molecule has 0 saturated carbocycles. The summed E-state index contributed by atoms with van der Waals surface area (Å²) in [5, 5.41) is 13.5. The minimum atomic E-state index is -3.71. The van der Waals surface area contributed by atoms with Crippen LogP contribution >= 0.6 is 0 Å². The average molecular weight is 489 g/mol. The van der Waals surface area contributed by atoms with Crippen molar-refractivity contribution in [2.45, 2.75) is 30.3 Å². The van der Waals surface area contributed by atoms with Crippen LogP contribution in [0.15, 0.2) is 71.6 Å². The summed E-state index contributed by atoms with van der Waals surface area (Å²) in [4.78, 5) is 0.297. The second kappa shape index (κ2) is 9.38. The van der Waals surface area contributed by atoms with E-state index in [9.17, 15) is 13.5 Å². The van der Waals surface area contributed by atoms with Crippen LogP contribution in [0.5, 0.6) is 5.75 Å². The molecule has 0 unspecified atom stereocenters. The number of benzene rings is 3. The predicted octanol–water partition coefficient (Wildman–Crippen LogP) is 3.94. The number of rotatable bonds is 4. The van der Waals surface area contributed by atoms with Crippen LogP contribution < -0.4 is 10.1 Å². The highest BCUT2D eigenvalue weighted by molar-refractivity contribution is 7.89. The molecule has 35 heavy (non-hydrogen) atoms. The molecule has 6 nitrogen and oxygen atoms in total. The van der Waals surface area contributed by atoms with E-state index in [0.717, 1.165) is 27.9 Å². The van der Waals surface area contributed by atoms with E-state index < -0.39 is 10.0 Å². The summed E-state index contributed by atoms with van der Waals surface area (Å²) in [7, 11) is -2.09. The van der Waals surface area contributed by atoms with Gasteiger partial charge in [0.05, 0.1) is 36.3 Å². The molecular weight excluding hydrogens is 460 g/mol. The smallest absolute Gasteiger partial charge is 0.243 e. The number of para-hydroxylation sites is 1. The normalized spacial score (nSPS) is 21.3. The number of hydrogen-bond acceptors (Lipinski definition) is 5. The molecule has 0 spiro atoms. The average Bonchev–Trinajstić information content (AvgIpc) is 3.34. The number of hydrogen-bond donors (Lipinski definition) is 2. The maximum absolute atomic E-state index is 13.7. The van der Waals surface area contributed by atoms with E-state index in [1.807, 2.05) is 55.5 Å². The lowest BCUT2D eigenvalue weighted by atomic mass is 9.83. The molecule has 0 radical (unpaired) electrons. The van der Waals surface area contributed by atoms with E-state index in [2.05, 4.69) is 17.2 Å². The molecule has 180 valence electrons. The minimum Gasteiger partial charge on any atom is -0.495 e. The number of aliphatic hydroxyl groups excluding tert-OH is 1. The Morgan fingerprint density at radius 3 is 2.69 bits per heavy atom. The maximum Gasteiger partial charge on any atom is 0.243 e. The summed E-state index contributed by atoms with van der Waals surface area (Å²) in [6.45, 7) is 2.23. The van der Waals surface area contributed by atoms with Crippen molar-refractivity contribution < 1.29 is 18.3 Å². The first-order chi connectivity index (χ1) is 16.9. The number of nitrogens with one attached hydrogen (secondary N) is 1. The number of nitrogens with zero attached hydrogens (tertiary/aromatic N) is 1. The van der Waals surface area contributed by atoms with Gasteiger partial charge in [0.2, 0.25) is 10.0 Å². The molecule has 0 amide bonds. The highest BCUT2D eigenvalue weighted by Gasteiger charge is 2.48. The Bertz CT molecular complexity index is 1420.